The van der Waals surface area contributed by atoms with Crippen molar-refractivity contribution in [2.45, 2.75) is 72.6 Å². The van der Waals surface area contributed by atoms with Crippen LogP contribution in [0.3, 0.4) is 0 Å². The lowest BCUT2D eigenvalue weighted by Crippen LogP contribution is -2.55. The molecule has 0 aliphatic rings. The van der Waals surface area contributed by atoms with Crippen molar-refractivity contribution in [3.05, 3.63) is 30.1 Å². The molecule has 5 nitrogen and oxygen atoms in total. The average Bonchev–Trinajstić information content (AvgIpc) is 2.71. The van der Waals surface area contributed by atoms with E-state index in [0.29, 0.717) is 11.8 Å². The molecule has 0 saturated heterocycles. The monoisotopic (exact) mass is 467 g/mol. The Morgan fingerprint density at radius 3 is 1.52 bits per heavy atom. The summed E-state index contributed by atoms with van der Waals surface area (Å²) in [6, 6.07) is 3.49. The summed E-state index contributed by atoms with van der Waals surface area (Å²) >= 11 is 0. The third-order valence-corrected chi connectivity index (χ3v) is 2.46. The molecular weight excluding hydrogens is 439 g/mol. The van der Waals surface area contributed by atoms with Crippen molar-refractivity contribution in [1.82, 2.24) is 4.98 Å². The summed E-state index contributed by atoms with van der Waals surface area (Å²) in [4.78, 5) is 33.5. The van der Waals surface area contributed by atoms with E-state index in [1.54, 1.807) is 24.5 Å². The van der Waals surface area contributed by atoms with Gasteiger partial charge in [0.05, 0.1) is 0 Å². The molecule has 1 aromatic rings. The zero-order valence-corrected chi connectivity index (χ0v) is 18.2. The van der Waals surface area contributed by atoms with E-state index in [2.05, 4.69) is 4.98 Å². The number of alkyl halides is 7. The number of pyridine rings is 1. The Balaban J connectivity index is -0.000000175. The number of aromatic nitrogens is 1. The molecule has 12 heteroatoms. The Labute approximate surface area is 176 Å². The summed E-state index contributed by atoms with van der Waals surface area (Å²) in [5, 5.41) is 7.99. The van der Waals surface area contributed by atoms with Gasteiger partial charge in [0, 0.05) is 24.9 Å². The van der Waals surface area contributed by atoms with Crippen molar-refractivity contribution in [3.8, 4) is 0 Å². The highest BCUT2D eigenvalue weighted by atomic mass is 19.4. The van der Waals surface area contributed by atoms with E-state index in [0.717, 1.165) is 0 Å². The number of nitrogens with zero attached hydrogens (tertiary/aromatic N) is 1. The van der Waals surface area contributed by atoms with Crippen LogP contribution in [0.2, 0.25) is 0 Å². The zero-order valence-electron chi connectivity index (χ0n) is 18.2. The number of aliphatic hydroxyl groups excluding tert-OH is 1. The molecule has 0 bridgehead atoms. The fourth-order valence-corrected chi connectivity index (χ4v) is 0.970. The van der Waals surface area contributed by atoms with Crippen molar-refractivity contribution in [2.75, 3.05) is 0 Å². The number of ketones is 2. The number of rotatable bonds is 4. The topological polar surface area (TPSA) is 84.3 Å². The second kappa shape index (κ2) is 17.3. The van der Waals surface area contributed by atoms with Crippen LogP contribution in [0.25, 0.3) is 0 Å². The normalized spacial score (nSPS) is 11.3. The SMILES string of the molecule is CC.CC.CC(=O)C(F)(F)C(F)(F)C(F)(F)F.CC(=O)c1cccnc1.CC(O)C=O. The fraction of sp³-hybridized carbons (Fsp3) is 0.579. The maximum absolute atomic E-state index is 12.0. The second-order valence-electron chi connectivity index (χ2n) is 4.88. The smallest absolute Gasteiger partial charge is 0.386 e. The predicted molar refractivity (Wildman–Crippen MR) is 101 cm³/mol. The Morgan fingerprint density at radius 2 is 1.39 bits per heavy atom. The molecule has 1 heterocycles. The molecule has 31 heavy (non-hydrogen) atoms. The largest absolute Gasteiger partial charge is 0.460 e. The van der Waals surface area contributed by atoms with Crippen molar-refractivity contribution in [3.63, 3.8) is 0 Å². The zero-order chi connectivity index (χ0) is 26.1. The Hall–Kier alpha value is -2.37. The molecule has 0 radical (unpaired) electrons. The van der Waals surface area contributed by atoms with Crippen molar-refractivity contribution in [2.24, 2.45) is 0 Å². The van der Waals surface area contributed by atoms with Crippen LogP contribution in [0.5, 0.6) is 0 Å². The van der Waals surface area contributed by atoms with Gasteiger partial charge in [0.2, 0.25) is 5.78 Å². The summed E-state index contributed by atoms with van der Waals surface area (Å²) in [6.45, 7) is 10.9. The van der Waals surface area contributed by atoms with Crippen LogP contribution in [0, 0.1) is 0 Å². The number of halogens is 7. The molecule has 0 saturated carbocycles. The van der Waals surface area contributed by atoms with Crippen LogP contribution in [0.4, 0.5) is 30.7 Å². The third kappa shape index (κ3) is 14.3. The van der Waals surface area contributed by atoms with E-state index in [4.69, 9.17) is 5.11 Å². The Morgan fingerprint density at radius 1 is 1.00 bits per heavy atom. The van der Waals surface area contributed by atoms with Gasteiger partial charge in [0.25, 0.3) is 0 Å². The molecule has 1 rings (SSSR count). The summed E-state index contributed by atoms with van der Waals surface area (Å²) in [6.07, 6.45) is -3.56. The highest BCUT2D eigenvalue weighted by Gasteiger charge is 2.75. The van der Waals surface area contributed by atoms with Gasteiger partial charge < -0.3 is 9.90 Å². The van der Waals surface area contributed by atoms with E-state index in [9.17, 15) is 45.1 Å². The highest BCUT2D eigenvalue weighted by molar-refractivity contribution is 5.93. The fourth-order valence-electron chi connectivity index (χ4n) is 0.970. The van der Waals surface area contributed by atoms with Gasteiger partial charge in [-0.1, -0.05) is 27.7 Å². The number of hydrogen-bond donors (Lipinski definition) is 1. The van der Waals surface area contributed by atoms with Gasteiger partial charge in [-0.3, -0.25) is 14.6 Å². The number of carbonyl (C=O) groups is 3. The summed E-state index contributed by atoms with van der Waals surface area (Å²) in [5.74, 6) is -14.5. The van der Waals surface area contributed by atoms with Gasteiger partial charge >= 0.3 is 18.0 Å². The number of hydrogen-bond acceptors (Lipinski definition) is 5. The van der Waals surface area contributed by atoms with Crippen molar-refractivity contribution >= 4 is 17.9 Å². The molecule has 0 aromatic carbocycles. The number of aliphatic hydroxyl groups is 1. The maximum Gasteiger partial charge on any atom is 0.460 e. The molecule has 182 valence electrons. The highest BCUT2D eigenvalue weighted by Crippen LogP contribution is 2.46. The summed E-state index contributed by atoms with van der Waals surface area (Å²) in [7, 11) is 0. The number of aldehydes is 1. The summed E-state index contributed by atoms with van der Waals surface area (Å²) < 4.78 is 81.6. The lowest BCUT2D eigenvalue weighted by Gasteiger charge is -2.25. The van der Waals surface area contributed by atoms with Gasteiger partial charge in [-0.25, -0.2) is 0 Å². The molecule has 1 aromatic heterocycles. The number of Topliss-reactive ketones (excluding diaryl/α,β-unsaturated/α-hetero) is 2. The average molecular weight is 467 g/mol. The van der Waals surface area contributed by atoms with E-state index >= 15 is 0 Å². The van der Waals surface area contributed by atoms with Crippen molar-refractivity contribution in [1.29, 1.82) is 0 Å². The second-order valence-corrected chi connectivity index (χ2v) is 4.88. The Bertz CT molecular complexity index is 619. The van der Waals surface area contributed by atoms with Gasteiger partial charge in [-0.2, -0.15) is 30.7 Å². The summed E-state index contributed by atoms with van der Waals surface area (Å²) in [5.41, 5.74) is 0.664. The third-order valence-electron chi connectivity index (χ3n) is 2.46. The van der Waals surface area contributed by atoms with E-state index in [-0.39, 0.29) is 12.7 Å². The molecule has 1 unspecified atom stereocenters. The van der Waals surface area contributed by atoms with Crippen LogP contribution in [-0.4, -0.2) is 52.1 Å². The molecule has 1 atom stereocenters. The Kier molecular flexibility index (Phi) is 20.1. The molecule has 0 spiro atoms. The van der Waals surface area contributed by atoms with Crippen molar-refractivity contribution < 1.29 is 50.2 Å². The maximum atomic E-state index is 12.0. The lowest BCUT2D eigenvalue weighted by atomic mass is 10.1. The van der Waals surface area contributed by atoms with Crippen LogP contribution in [-0.2, 0) is 9.59 Å². The minimum atomic E-state index is -6.44. The van der Waals surface area contributed by atoms with E-state index < -0.39 is 29.9 Å². The minimum absolute atomic E-state index is 0.0420. The standard InChI is InChI=1S/C7H7NO.C5H3F7O.C3H6O2.2C2H6/c1-6(9)7-3-2-4-8-5-7;1-2(13)3(6,7)4(8,9)5(10,11)12;1-3(5)2-4;2*1-2/h2-5H,1H3;1H3;2-3,5H,1H3;2*1-2H3. The first-order valence-corrected chi connectivity index (χ1v) is 8.90. The van der Waals surface area contributed by atoms with Gasteiger partial charge in [-0.15, -0.1) is 0 Å². The van der Waals surface area contributed by atoms with Gasteiger partial charge in [0.15, 0.2) is 5.78 Å². The van der Waals surface area contributed by atoms with Crippen LogP contribution < -0.4 is 0 Å². The molecular formula is C19H28F7NO4. The molecule has 0 fully saturated rings. The minimum Gasteiger partial charge on any atom is -0.386 e. The predicted octanol–water partition coefficient (Wildman–Crippen LogP) is 5.31. The number of carbonyl (C=O) groups excluding carboxylic acids is 3. The van der Waals surface area contributed by atoms with E-state index in [1.807, 2.05) is 27.7 Å². The van der Waals surface area contributed by atoms with Crippen LogP contribution in [0.15, 0.2) is 24.5 Å². The van der Waals surface area contributed by atoms with Crippen LogP contribution in [0.1, 0.15) is 58.8 Å². The molecule has 1 N–H and O–H groups in total. The molecule has 0 aliphatic heterocycles. The first-order chi connectivity index (χ1) is 14.0. The van der Waals surface area contributed by atoms with Gasteiger partial charge in [-0.05, 0) is 26.0 Å². The van der Waals surface area contributed by atoms with Crippen LogP contribution >= 0.6 is 0 Å². The first kappa shape index (κ1) is 36.0. The quantitative estimate of drug-likeness (QED) is 0.369. The molecule has 0 amide bonds. The molecule has 0 aliphatic carbocycles. The van der Waals surface area contributed by atoms with Gasteiger partial charge in [0.1, 0.15) is 12.4 Å². The first-order valence-electron chi connectivity index (χ1n) is 8.90. The lowest BCUT2D eigenvalue weighted by molar-refractivity contribution is -0.343. The van der Waals surface area contributed by atoms with E-state index in [1.165, 1.54) is 13.8 Å².